The van der Waals surface area contributed by atoms with Crippen LogP contribution < -0.4 is 4.90 Å². The number of fused-ring (bicyclic) bond motifs is 1. The molecule has 32 heavy (non-hydrogen) atoms. The van der Waals surface area contributed by atoms with Crippen LogP contribution in [0.3, 0.4) is 0 Å². The Bertz CT molecular complexity index is 1350. The molecule has 0 amide bonds. The predicted octanol–water partition coefficient (Wildman–Crippen LogP) is 4.92. The van der Waals surface area contributed by atoms with E-state index in [4.69, 9.17) is 14.7 Å². The Morgan fingerprint density at radius 3 is 2.44 bits per heavy atom. The maximum Gasteiger partial charge on any atom is 0.165 e. The first-order chi connectivity index (χ1) is 15.9. The molecule has 1 aliphatic heterocycles. The number of aromatic amines is 1. The molecular formula is C26H23N5O. The Morgan fingerprint density at radius 1 is 0.781 bits per heavy atom. The first kappa shape index (κ1) is 18.8. The molecule has 0 unspecified atom stereocenters. The highest BCUT2D eigenvalue weighted by Gasteiger charge is 2.17. The monoisotopic (exact) mass is 421 g/mol. The fourth-order valence-electron chi connectivity index (χ4n) is 4.28. The first-order valence-electron chi connectivity index (χ1n) is 10.9. The maximum atomic E-state index is 5.51. The van der Waals surface area contributed by atoms with Gasteiger partial charge in [0, 0.05) is 48.0 Å². The molecule has 2 aromatic carbocycles. The minimum absolute atomic E-state index is 0.770. The molecule has 1 N–H and O–H groups in total. The minimum atomic E-state index is 0.770. The van der Waals surface area contributed by atoms with Crippen molar-refractivity contribution in [3.63, 3.8) is 0 Å². The van der Waals surface area contributed by atoms with Crippen LogP contribution >= 0.6 is 0 Å². The van der Waals surface area contributed by atoms with Gasteiger partial charge in [0.15, 0.2) is 5.65 Å². The molecule has 0 spiro atoms. The lowest BCUT2D eigenvalue weighted by atomic mass is 10.1. The summed E-state index contributed by atoms with van der Waals surface area (Å²) in [4.78, 5) is 15.5. The molecule has 6 heteroatoms. The van der Waals surface area contributed by atoms with Crippen LogP contribution in [0, 0.1) is 0 Å². The predicted molar refractivity (Wildman–Crippen MR) is 127 cm³/mol. The Balaban J connectivity index is 1.49. The summed E-state index contributed by atoms with van der Waals surface area (Å²) >= 11 is 0. The van der Waals surface area contributed by atoms with Crippen molar-refractivity contribution < 1.29 is 4.74 Å². The number of nitrogens with one attached hydrogen (secondary N) is 1. The average Bonchev–Trinajstić information content (AvgIpc) is 3.53. The number of hydrogen-bond donors (Lipinski definition) is 1. The quantitative estimate of drug-likeness (QED) is 0.448. The summed E-state index contributed by atoms with van der Waals surface area (Å²) in [6.45, 7) is 3.37. The van der Waals surface area contributed by atoms with E-state index in [9.17, 15) is 0 Å². The van der Waals surface area contributed by atoms with Crippen LogP contribution in [0.1, 0.15) is 0 Å². The number of imidazole rings is 1. The van der Waals surface area contributed by atoms with E-state index in [0.29, 0.717) is 0 Å². The highest BCUT2D eigenvalue weighted by Crippen LogP contribution is 2.30. The van der Waals surface area contributed by atoms with Gasteiger partial charge in [0.25, 0.3) is 0 Å². The third-order valence-electron chi connectivity index (χ3n) is 5.89. The van der Waals surface area contributed by atoms with E-state index in [1.54, 1.807) is 0 Å². The Labute approximate surface area is 186 Å². The van der Waals surface area contributed by atoms with Crippen molar-refractivity contribution in [1.29, 1.82) is 0 Å². The van der Waals surface area contributed by atoms with Crippen LogP contribution in [-0.4, -0.2) is 45.8 Å². The summed E-state index contributed by atoms with van der Waals surface area (Å²) < 4.78 is 7.64. The van der Waals surface area contributed by atoms with E-state index in [1.165, 1.54) is 5.69 Å². The summed E-state index contributed by atoms with van der Waals surface area (Å²) in [6.07, 6.45) is 3.88. The number of para-hydroxylation sites is 1. The van der Waals surface area contributed by atoms with Crippen molar-refractivity contribution in [2.75, 3.05) is 31.2 Å². The van der Waals surface area contributed by atoms with Crippen molar-refractivity contribution >= 4 is 16.9 Å². The van der Waals surface area contributed by atoms with Crippen LogP contribution in [0.25, 0.3) is 39.5 Å². The number of morpholine rings is 1. The standard InChI is InChI=1S/C26H23N5O/c1-2-6-21(7-3-1)31-25(20-11-12-27-18-20)29-24-10-9-23(28-26(24)31)19-5-4-8-22(17-19)30-13-15-32-16-14-30/h1-12,17-18,27H,13-16H2. The van der Waals surface area contributed by atoms with Gasteiger partial charge in [-0.05, 0) is 42.5 Å². The lowest BCUT2D eigenvalue weighted by molar-refractivity contribution is 0.122. The summed E-state index contributed by atoms with van der Waals surface area (Å²) in [7, 11) is 0. The van der Waals surface area contributed by atoms with Gasteiger partial charge in [0.1, 0.15) is 11.3 Å². The molecule has 0 radical (unpaired) electrons. The van der Waals surface area contributed by atoms with E-state index >= 15 is 0 Å². The third kappa shape index (κ3) is 3.35. The van der Waals surface area contributed by atoms with Crippen molar-refractivity contribution in [2.24, 2.45) is 0 Å². The zero-order valence-corrected chi connectivity index (χ0v) is 17.6. The molecule has 1 aliphatic rings. The van der Waals surface area contributed by atoms with E-state index in [0.717, 1.165) is 65.8 Å². The van der Waals surface area contributed by atoms with Crippen LogP contribution in [-0.2, 0) is 4.74 Å². The van der Waals surface area contributed by atoms with Gasteiger partial charge in [-0.25, -0.2) is 9.97 Å². The zero-order chi connectivity index (χ0) is 21.3. The van der Waals surface area contributed by atoms with Gasteiger partial charge in [-0.2, -0.15) is 0 Å². The Hall–Kier alpha value is -3.90. The number of pyridine rings is 1. The SMILES string of the molecule is c1ccc(-n2c(-c3cc[nH]c3)nc3ccc(-c4cccc(N5CCOCC5)c4)nc32)cc1. The number of aromatic nitrogens is 4. The molecule has 1 fully saturated rings. The van der Waals surface area contributed by atoms with Crippen molar-refractivity contribution in [1.82, 2.24) is 19.5 Å². The van der Waals surface area contributed by atoms with Crippen molar-refractivity contribution in [2.45, 2.75) is 0 Å². The molecular weight excluding hydrogens is 398 g/mol. The van der Waals surface area contributed by atoms with Gasteiger partial charge in [0.2, 0.25) is 0 Å². The molecule has 6 rings (SSSR count). The lowest BCUT2D eigenvalue weighted by Crippen LogP contribution is -2.36. The number of hydrogen-bond acceptors (Lipinski definition) is 4. The number of H-pyrrole nitrogens is 1. The molecule has 4 heterocycles. The molecule has 1 saturated heterocycles. The fourth-order valence-corrected chi connectivity index (χ4v) is 4.28. The van der Waals surface area contributed by atoms with Crippen LogP contribution in [0.2, 0.25) is 0 Å². The fraction of sp³-hybridized carbons (Fsp3) is 0.154. The lowest BCUT2D eigenvalue weighted by Gasteiger charge is -2.29. The Morgan fingerprint density at radius 2 is 1.62 bits per heavy atom. The number of rotatable bonds is 4. The number of anilines is 1. The van der Waals surface area contributed by atoms with E-state index < -0.39 is 0 Å². The summed E-state index contributed by atoms with van der Waals surface area (Å²) in [5.41, 5.74) is 7.03. The number of ether oxygens (including phenoxy) is 1. The molecule has 0 bridgehead atoms. The maximum absolute atomic E-state index is 5.51. The van der Waals surface area contributed by atoms with Crippen LogP contribution in [0.4, 0.5) is 5.69 Å². The molecule has 158 valence electrons. The summed E-state index contributed by atoms with van der Waals surface area (Å²) in [5.74, 6) is 0.874. The van der Waals surface area contributed by atoms with Gasteiger partial charge in [-0.1, -0.05) is 30.3 Å². The number of nitrogens with zero attached hydrogens (tertiary/aromatic N) is 4. The van der Waals surface area contributed by atoms with Gasteiger partial charge in [-0.15, -0.1) is 0 Å². The van der Waals surface area contributed by atoms with Crippen LogP contribution in [0.5, 0.6) is 0 Å². The minimum Gasteiger partial charge on any atom is -0.378 e. The normalized spacial score (nSPS) is 14.2. The molecule has 0 atom stereocenters. The molecule has 5 aromatic rings. The summed E-state index contributed by atoms with van der Waals surface area (Å²) in [5, 5.41) is 0. The molecule has 6 nitrogen and oxygen atoms in total. The van der Waals surface area contributed by atoms with Crippen molar-refractivity contribution in [3.8, 4) is 28.3 Å². The van der Waals surface area contributed by atoms with E-state index in [2.05, 4.69) is 63.0 Å². The van der Waals surface area contributed by atoms with E-state index in [1.807, 2.05) is 36.7 Å². The zero-order valence-electron chi connectivity index (χ0n) is 17.6. The van der Waals surface area contributed by atoms with Crippen LogP contribution in [0.15, 0.2) is 85.2 Å². The van der Waals surface area contributed by atoms with Crippen molar-refractivity contribution in [3.05, 3.63) is 85.2 Å². The highest BCUT2D eigenvalue weighted by atomic mass is 16.5. The topological polar surface area (TPSA) is 59.0 Å². The second kappa shape index (κ2) is 7.98. The molecule has 0 saturated carbocycles. The molecule has 0 aliphatic carbocycles. The summed E-state index contributed by atoms with van der Waals surface area (Å²) in [6, 6.07) is 25.0. The van der Waals surface area contributed by atoms with Gasteiger partial charge < -0.3 is 14.6 Å². The second-order valence-corrected chi connectivity index (χ2v) is 7.90. The van der Waals surface area contributed by atoms with E-state index in [-0.39, 0.29) is 0 Å². The van der Waals surface area contributed by atoms with Gasteiger partial charge >= 0.3 is 0 Å². The third-order valence-corrected chi connectivity index (χ3v) is 5.89. The van der Waals surface area contributed by atoms with Gasteiger partial charge in [-0.3, -0.25) is 4.57 Å². The smallest absolute Gasteiger partial charge is 0.165 e. The largest absolute Gasteiger partial charge is 0.378 e. The number of benzene rings is 2. The average molecular weight is 422 g/mol. The Kier molecular flexibility index (Phi) is 4.70. The first-order valence-corrected chi connectivity index (χ1v) is 10.9. The molecule has 3 aromatic heterocycles. The second-order valence-electron chi connectivity index (χ2n) is 7.90. The van der Waals surface area contributed by atoms with Gasteiger partial charge in [0.05, 0.1) is 18.9 Å². The highest BCUT2D eigenvalue weighted by molar-refractivity contribution is 5.82.